The minimum absolute atomic E-state index is 0.000963. The zero-order chi connectivity index (χ0) is 27.4. The molecule has 6 atom stereocenters. The Bertz CT molecular complexity index is 1010. The number of ether oxygens (including phenoxy) is 2. The average molecular weight is 549 g/mol. The largest absolute Gasteiger partial charge is 0.496 e. The van der Waals surface area contributed by atoms with Crippen molar-refractivity contribution >= 4 is 30.7 Å². The summed E-state index contributed by atoms with van der Waals surface area (Å²) in [6, 6.07) is 2.29. The third-order valence-corrected chi connectivity index (χ3v) is 9.77. The van der Waals surface area contributed by atoms with Crippen molar-refractivity contribution in [2.24, 2.45) is 29.6 Å². The number of halogens is 1. The van der Waals surface area contributed by atoms with Gasteiger partial charge in [0.2, 0.25) is 5.91 Å². The smallest absolute Gasteiger partial charge is 0.255 e. The van der Waals surface area contributed by atoms with Crippen molar-refractivity contribution in [3.8, 4) is 11.5 Å². The summed E-state index contributed by atoms with van der Waals surface area (Å²) in [6.07, 6.45) is 7.29. The minimum Gasteiger partial charge on any atom is -0.496 e. The molecule has 1 aromatic carbocycles. The Morgan fingerprint density at radius 2 is 1.84 bits per heavy atom. The van der Waals surface area contributed by atoms with Gasteiger partial charge in [0.25, 0.3) is 5.91 Å². The molecular formula is C29H41FN2O5S. The van der Waals surface area contributed by atoms with Crippen LogP contribution in [0.5, 0.6) is 11.5 Å². The second kappa shape index (κ2) is 12.7. The van der Waals surface area contributed by atoms with Crippen LogP contribution in [0.1, 0.15) is 75.6 Å². The molecule has 0 aliphatic heterocycles. The highest BCUT2D eigenvalue weighted by molar-refractivity contribution is 7.81. The van der Waals surface area contributed by atoms with Crippen molar-refractivity contribution < 1.29 is 28.2 Å². The highest BCUT2D eigenvalue weighted by Gasteiger charge is 2.51. The monoisotopic (exact) mass is 548 g/mol. The molecule has 0 saturated heterocycles. The van der Waals surface area contributed by atoms with Gasteiger partial charge in [0.05, 0.1) is 24.7 Å². The van der Waals surface area contributed by atoms with E-state index < -0.39 is 11.7 Å². The van der Waals surface area contributed by atoms with Crippen molar-refractivity contribution in [2.45, 2.75) is 82.6 Å². The van der Waals surface area contributed by atoms with E-state index in [2.05, 4.69) is 37.1 Å². The van der Waals surface area contributed by atoms with Crippen molar-refractivity contribution in [1.82, 2.24) is 10.6 Å². The van der Waals surface area contributed by atoms with Crippen LogP contribution in [0.4, 0.5) is 4.39 Å². The zero-order valence-electron chi connectivity index (χ0n) is 22.6. The number of carbonyl (C=O) groups is 3. The van der Waals surface area contributed by atoms with Crippen molar-refractivity contribution in [1.29, 1.82) is 0 Å². The summed E-state index contributed by atoms with van der Waals surface area (Å²) in [7, 11) is 1.40. The number of aldehydes is 1. The van der Waals surface area contributed by atoms with Crippen LogP contribution in [-0.2, 0) is 9.59 Å². The molecule has 9 heteroatoms. The Labute approximate surface area is 230 Å². The molecule has 3 saturated carbocycles. The summed E-state index contributed by atoms with van der Waals surface area (Å²) in [5, 5.41) is 6.43. The average Bonchev–Trinajstić information content (AvgIpc) is 3.54. The molecule has 4 rings (SSSR count). The molecule has 3 aliphatic rings. The van der Waals surface area contributed by atoms with E-state index >= 15 is 0 Å². The van der Waals surface area contributed by atoms with Gasteiger partial charge in [-0.1, -0.05) is 13.8 Å². The first kappa shape index (κ1) is 28.7. The molecule has 2 N–H and O–H groups in total. The van der Waals surface area contributed by atoms with Crippen LogP contribution in [0.25, 0.3) is 0 Å². The van der Waals surface area contributed by atoms with Gasteiger partial charge in [0.1, 0.15) is 12.0 Å². The number of carbonyl (C=O) groups excluding carboxylic acids is 3. The molecule has 2 bridgehead atoms. The highest BCUT2D eigenvalue weighted by atomic mass is 32.1. The van der Waals surface area contributed by atoms with Gasteiger partial charge in [-0.05, 0) is 75.2 Å². The fraction of sp³-hybridized carbons (Fsp3) is 0.690. The van der Waals surface area contributed by atoms with Gasteiger partial charge in [0.15, 0.2) is 11.6 Å². The maximum absolute atomic E-state index is 14.9. The van der Waals surface area contributed by atoms with Crippen molar-refractivity contribution in [3.05, 3.63) is 23.5 Å². The first-order valence-corrected chi connectivity index (χ1v) is 14.5. The van der Waals surface area contributed by atoms with Gasteiger partial charge >= 0.3 is 0 Å². The molecule has 7 nitrogen and oxygen atoms in total. The third-order valence-electron chi connectivity index (χ3n) is 8.89. The molecule has 1 aromatic rings. The molecule has 210 valence electrons. The van der Waals surface area contributed by atoms with E-state index in [1.165, 1.54) is 19.2 Å². The molecule has 0 spiro atoms. The summed E-state index contributed by atoms with van der Waals surface area (Å²) in [5.41, 5.74) is 0.182. The van der Waals surface area contributed by atoms with Crippen LogP contribution in [0.3, 0.4) is 0 Å². The normalized spacial score (nSPS) is 29.8. The lowest BCUT2D eigenvalue weighted by molar-refractivity contribution is -0.127. The number of nitrogens with one attached hydrogen (secondary N) is 2. The molecule has 0 heterocycles. The third kappa shape index (κ3) is 6.29. The molecule has 6 unspecified atom stereocenters. The number of hydrogen-bond acceptors (Lipinski definition) is 6. The van der Waals surface area contributed by atoms with Gasteiger partial charge in [0, 0.05) is 29.8 Å². The number of hydrogen-bond donors (Lipinski definition) is 3. The van der Waals surface area contributed by atoms with Crippen LogP contribution in [-0.4, -0.2) is 49.2 Å². The van der Waals surface area contributed by atoms with Crippen LogP contribution in [0, 0.1) is 35.4 Å². The summed E-state index contributed by atoms with van der Waals surface area (Å²) in [6.45, 7) is 4.71. The van der Waals surface area contributed by atoms with E-state index in [1.54, 1.807) is 0 Å². The van der Waals surface area contributed by atoms with Gasteiger partial charge in [-0.25, -0.2) is 4.39 Å². The van der Waals surface area contributed by atoms with Gasteiger partial charge in [-0.3, -0.25) is 9.59 Å². The molecule has 38 heavy (non-hydrogen) atoms. The topological polar surface area (TPSA) is 93.7 Å². The summed E-state index contributed by atoms with van der Waals surface area (Å²) in [4.78, 5) is 37.8. The zero-order valence-corrected chi connectivity index (χ0v) is 23.5. The van der Waals surface area contributed by atoms with E-state index in [1.807, 2.05) is 0 Å². The van der Waals surface area contributed by atoms with E-state index in [0.29, 0.717) is 32.2 Å². The minimum atomic E-state index is -0.600. The molecule has 2 amide bonds. The number of thiol groups is 1. The highest BCUT2D eigenvalue weighted by Crippen LogP contribution is 2.49. The second-order valence-corrected chi connectivity index (χ2v) is 12.0. The SMILES string of the molecule is CCC(S)C(C)CNC(=O)C1C2CCC(C2)C1NC(=O)c1cc(OC2CCC(C=O)CC2)c(F)cc1OC. The Balaban J connectivity index is 1.46. The van der Waals surface area contributed by atoms with E-state index in [0.717, 1.165) is 32.0 Å². The van der Waals surface area contributed by atoms with Gasteiger partial charge in [-0.2, -0.15) is 12.6 Å². The maximum atomic E-state index is 14.9. The van der Waals surface area contributed by atoms with Crippen molar-refractivity contribution in [3.63, 3.8) is 0 Å². The van der Waals surface area contributed by atoms with Crippen LogP contribution in [0.15, 0.2) is 12.1 Å². The fourth-order valence-corrected chi connectivity index (χ4v) is 6.62. The molecule has 0 radical (unpaired) electrons. The number of amides is 2. The van der Waals surface area contributed by atoms with Crippen LogP contribution >= 0.6 is 12.6 Å². The molecule has 0 aromatic heterocycles. The predicted molar refractivity (Wildman–Crippen MR) is 146 cm³/mol. The second-order valence-electron chi connectivity index (χ2n) is 11.3. The Morgan fingerprint density at radius 1 is 1.13 bits per heavy atom. The summed E-state index contributed by atoms with van der Waals surface area (Å²) < 4.78 is 26.1. The number of benzene rings is 1. The number of rotatable bonds is 11. The summed E-state index contributed by atoms with van der Waals surface area (Å²) >= 11 is 4.60. The fourth-order valence-electron chi connectivity index (χ4n) is 6.52. The first-order chi connectivity index (χ1) is 18.2. The van der Waals surface area contributed by atoms with Crippen molar-refractivity contribution in [2.75, 3.05) is 13.7 Å². The lowest BCUT2D eigenvalue weighted by Crippen LogP contribution is -2.50. The summed E-state index contributed by atoms with van der Waals surface area (Å²) in [5.74, 6) is -0.444. The predicted octanol–water partition coefficient (Wildman–Crippen LogP) is 4.58. The molecular weight excluding hydrogens is 507 g/mol. The van der Waals surface area contributed by atoms with E-state index in [-0.39, 0.29) is 70.0 Å². The van der Waals surface area contributed by atoms with Gasteiger partial charge < -0.3 is 24.9 Å². The van der Waals surface area contributed by atoms with Gasteiger partial charge in [-0.15, -0.1) is 0 Å². The standard InChI is InChI=1S/C29H41FN2O5S/c1-4-25(38)16(2)14-31-29(35)26-18-7-8-19(11-18)27(26)32-28(34)21-12-24(22(30)13-23(21)36-3)37-20-9-5-17(15-33)6-10-20/h12-13,15-20,25-27,38H,4-11,14H2,1-3H3,(H,31,35)(H,32,34). The first-order valence-electron chi connectivity index (χ1n) is 14.0. The van der Waals surface area contributed by atoms with Crippen LogP contribution in [0.2, 0.25) is 0 Å². The maximum Gasteiger partial charge on any atom is 0.255 e. The Kier molecular flexibility index (Phi) is 9.60. The Morgan fingerprint density at radius 3 is 2.50 bits per heavy atom. The van der Waals surface area contributed by atoms with E-state index in [9.17, 15) is 18.8 Å². The van der Waals surface area contributed by atoms with E-state index in [4.69, 9.17) is 9.47 Å². The Hall–Kier alpha value is -2.29. The van der Waals surface area contributed by atoms with Crippen LogP contribution < -0.4 is 20.1 Å². The lowest BCUT2D eigenvalue weighted by Gasteiger charge is -2.31. The molecule has 3 fully saturated rings. The molecule has 3 aliphatic carbocycles. The number of fused-ring (bicyclic) bond motifs is 2. The number of methoxy groups -OCH3 is 1. The lowest BCUT2D eigenvalue weighted by atomic mass is 9.83. The quantitative estimate of drug-likeness (QED) is 0.278.